The molecule has 116 valence electrons. The molecule has 3 N–H and O–H groups in total. The number of pyridine rings is 1. The first-order chi connectivity index (χ1) is 10.5. The number of carbonyl (C=O) groups is 1. The number of likely N-dealkylation sites (tertiary alicyclic amines) is 1. The number of nitrogens with one attached hydrogen (secondary N) is 1. The van der Waals surface area contributed by atoms with Gasteiger partial charge in [0, 0.05) is 16.7 Å². The van der Waals surface area contributed by atoms with Crippen molar-refractivity contribution < 1.29 is 9.69 Å². The molecule has 0 bridgehead atoms. The molecule has 2 aromatic heterocycles. The average molecular weight is 366 g/mol. The van der Waals surface area contributed by atoms with Crippen molar-refractivity contribution in [3.8, 4) is 0 Å². The summed E-state index contributed by atoms with van der Waals surface area (Å²) in [6.45, 7) is 2.34. The summed E-state index contributed by atoms with van der Waals surface area (Å²) in [7, 11) is 0. The van der Waals surface area contributed by atoms with Gasteiger partial charge in [0.1, 0.15) is 17.9 Å². The van der Waals surface area contributed by atoms with Gasteiger partial charge in [-0.1, -0.05) is 0 Å². The van der Waals surface area contributed by atoms with E-state index in [2.05, 4.69) is 20.9 Å². The Morgan fingerprint density at radius 1 is 1.50 bits per heavy atom. The maximum atomic E-state index is 12.2. The van der Waals surface area contributed by atoms with Gasteiger partial charge in [-0.3, -0.25) is 14.0 Å². The number of amides is 1. The van der Waals surface area contributed by atoms with Crippen molar-refractivity contribution in [3.63, 3.8) is 0 Å². The molecule has 7 heteroatoms. The molecule has 3 rings (SSSR count). The van der Waals surface area contributed by atoms with Gasteiger partial charge in [0.25, 0.3) is 5.56 Å². The van der Waals surface area contributed by atoms with Crippen molar-refractivity contribution in [2.75, 3.05) is 13.1 Å². The van der Waals surface area contributed by atoms with Crippen LogP contribution in [0.5, 0.6) is 0 Å². The fraction of sp³-hybridized carbons (Fsp3) is 0.400. The first-order valence-electron chi connectivity index (χ1n) is 7.33. The van der Waals surface area contributed by atoms with Crippen molar-refractivity contribution in [2.45, 2.75) is 19.4 Å². The summed E-state index contributed by atoms with van der Waals surface area (Å²) in [4.78, 5) is 29.3. The molecule has 1 amide bonds. The first-order valence-corrected chi connectivity index (χ1v) is 8.13. The van der Waals surface area contributed by atoms with Crippen LogP contribution in [0.25, 0.3) is 5.65 Å². The van der Waals surface area contributed by atoms with Gasteiger partial charge in [-0.25, -0.2) is 4.98 Å². The molecule has 0 aromatic carbocycles. The average Bonchev–Trinajstić information content (AvgIpc) is 2.48. The third-order valence-corrected chi connectivity index (χ3v) is 4.60. The second-order valence-electron chi connectivity index (χ2n) is 5.78. The zero-order valence-corrected chi connectivity index (χ0v) is 13.7. The molecule has 2 aromatic rings. The Kier molecular flexibility index (Phi) is 4.26. The van der Waals surface area contributed by atoms with Crippen LogP contribution in [-0.2, 0) is 11.3 Å². The van der Waals surface area contributed by atoms with Gasteiger partial charge in [-0.2, -0.15) is 0 Å². The van der Waals surface area contributed by atoms with Crippen molar-refractivity contribution in [1.82, 2.24) is 9.38 Å². The number of fused-ring (bicyclic) bond motifs is 1. The molecule has 22 heavy (non-hydrogen) atoms. The van der Waals surface area contributed by atoms with E-state index in [0.717, 1.165) is 36.1 Å². The number of nitrogens with two attached hydrogens (primary N) is 1. The molecule has 0 aliphatic carbocycles. The number of rotatable bonds is 3. The number of hydrogen-bond donors (Lipinski definition) is 2. The van der Waals surface area contributed by atoms with E-state index in [0.29, 0.717) is 12.2 Å². The molecule has 0 radical (unpaired) electrons. The molecule has 1 aliphatic heterocycles. The lowest BCUT2D eigenvalue weighted by molar-refractivity contribution is -0.921. The minimum atomic E-state index is -0.228. The molecule has 1 aliphatic rings. The molecule has 1 fully saturated rings. The highest BCUT2D eigenvalue weighted by Crippen LogP contribution is 2.10. The SMILES string of the molecule is NC(=O)[C@@H]1CCC[NH+](Cc2cc(=O)n3cc(Br)ccc3n2)C1. The molecule has 3 heterocycles. The van der Waals surface area contributed by atoms with Crippen LogP contribution in [0.4, 0.5) is 0 Å². The van der Waals surface area contributed by atoms with Gasteiger partial charge in [0.15, 0.2) is 0 Å². The normalized spacial score (nSPS) is 21.9. The second-order valence-corrected chi connectivity index (χ2v) is 6.70. The van der Waals surface area contributed by atoms with Crippen LogP contribution in [0, 0.1) is 5.92 Å². The summed E-state index contributed by atoms with van der Waals surface area (Å²) in [6.07, 6.45) is 3.55. The molecule has 1 unspecified atom stereocenters. The number of hydrogen-bond acceptors (Lipinski definition) is 3. The first kappa shape index (κ1) is 15.2. The van der Waals surface area contributed by atoms with E-state index in [4.69, 9.17) is 5.73 Å². The Bertz CT molecular complexity index is 774. The number of nitrogens with zero attached hydrogens (tertiary/aromatic N) is 2. The number of aromatic nitrogens is 2. The Morgan fingerprint density at radius 2 is 2.32 bits per heavy atom. The minimum Gasteiger partial charge on any atom is -0.369 e. The maximum Gasteiger partial charge on any atom is 0.258 e. The number of quaternary nitrogens is 1. The monoisotopic (exact) mass is 365 g/mol. The summed E-state index contributed by atoms with van der Waals surface area (Å²) in [5.74, 6) is -0.296. The lowest BCUT2D eigenvalue weighted by Gasteiger charge is -2.27. The number of primary amides is 1. The van der Waals surface area contributed by atoms with Crippen molar-refractivity contribution in [1.29, 1.82) is 0 Å². The zero-order valence-electron chi connectivity index (χ0n) is 12.1. The third-order valence-electron chi connectivity index (χ3n) is 4.13. The highest BCUT2D eigenvalue weighted by atomic mass is 79.9. The standard InChI is InChI=1S/C15H17BrN4O2/c16-11-3-4-13-18-12(6-14(21)20(13)8-11)9-19-5-1-2-10(7-19)15(17)22/h3-4,6,8,10H,1-2,5,7,9H2,(H2,17,22)/p+1/t10-/m1/s1. The molecule has 6 nitrogen and oxygen atoms in total. The van der Waals surface area contributed by atoms with E-state index in [1.165, 1.54) is 9.30 Å². The topological polar surface area (TPSA) is 81.9 Å². The molecule has 1 saturated heterocycles. The molecule has 0 spiro atoms. The number of piperidine rings is 1. The number of carbonyl (C=O) groups excluding carboxylic acids is 1. The summed E-state index contributed by atoms with van der Waals surface area (Å²) in [6, 6.07) is 5.25. The van der Waals surface area contributed by atoms with Gasteiger partial charge >= 0.3 is 0 Å². The van der Waals surface area contributed by atoms with E-state index in [1.807, 2.05) is 12.1 Å². The van der Waals surface area contributed by atoms with Crippen LogP contribution < -0.4 is 16.2 Å². The van der Waals surface area contributed by atoms with Gasteiger partial charge < -0.3 is 10.6 Å². The Labute approximate surface area is 136 Å². The van der Waals surface area contributed by atoms with Crippen molar-refractivity contribution >= 4 is 27.5 Å². The predicted octanol–water partition coefficient (Wildman–Crippen LogP) is -0.263. The van der Waals surface area contributed by atoms with Crippen LogP contribution in [0.3, 0.4) is 0 Å². The van der Waals surface area contributed by atoms with Crippen LogP contribution in [-0.4, -0.2) is 28.4 Å². The molecular formula is C15H18BrN4O2+. The van der Waals surface area contributed by atoms with E-state index < -0.39 is 0 Å². The Morgan fingerprint density at radius 3 is 3.09 bits per heavy atom. The zero-order chi connectivity index (χ0) is 15.7. The van der Waals surface area contributed by atoms with E-state index in [1.54, 1.807) is 12.3 Å². The van der Waals surface area contributed by atoms with Crippen LogP contribution in [0.2, 0.25) is 0 Å². The van der Waals surface area contributed by atoms with Gasteiger partial charge in [-0.15, -0.1) is 0 Å². The summed E-state index contributed by atoms with van der Waals surface area (Å²) in [5, 5.41) is 0. The van der Waals surface area contributed by atoms with Crippen molar-refractivity contribution in [3.05, 3.63) is 44.9 Å². The lowest BCUT2D eigenvalue weighted by Crippen LogP contribution is -3.12. The van der Waals surface area contributed by atoms with Crippen molar-refractivity contribution in [2.24, 2.45) is 11.7 Å². The van der Waals surface area contributed by atoms with E-state index >= 15 is 0 Å². The van der Waals surface area contributed by atoms with Gasteiger partial charge in [0.2, 0.25) is 5.91 Å². The Hall–Kier alpha value is -1.73. The smallest absolute Gasteiger partial charge is 0.258 e. The van der Waals surface area contributed by atoms with Crippen LogP contribution in [0.15, 0.2) is 33.7 Å². The summed E-state index contributed by atoms with van der Waals surface area (Å²) < 4.78 is 2.35. The molecule has 0 saturated carbocycles. The largest absolute Gasteiger partial charge is 0.369 e. The second kappa shape index (κ2) is 6.18. The molecular weight excluding hydrogens is 348 g/mol. The highest BCUT2D eigenvalue weighted by molar-refractivity contribution is 9.10. The third kappa shape index (κ3) is 3.20. The fourth-order valence-electron chi connectivity index (χ4n) is 3.03. The Balaban J connectivity index is 1.83. The van der Waals surface area contributed by atoms with Crippen LogP contribution >= 0.6 is 15.9 Å². The minimum absolute atomic E-state index is 0.0683. The lowest BCUT2D eigenvalue weighted by atomic mass is 9.97. The van der Waals surface area contributed by atoms with Gasteiger partial charge in [0.05, 0.1) is 19.0 Å². The quantitative estimate of drug-likeness (QED) is 0.785. The van der Waals surface area contributed by atoms with E-state index in [9.17, 15) is 9.59 Å². The summed E-state index contributed by atoms with van der Waals surface area (Å²) in [5.41, 5.74) is 6.71. The maximum absolute atomic E-state index is 12.2. The highest BCUT2D eigenvalue weighted by Gasteiger charge is 2.27. The van der Waals surface area contributed by atoms with Gasteiger partial charge in [-0.05, 0) is 40.9 Å². The number of halogens is 1. The fourth-order valence-corrected chi connectivity index (χ4v) is 3.36. The molecule has 2 atom stereocenters. The van der Waals surface area contributed by atoms with Crippen LogP contribution in [0.1, 0.15) is 18.5 Å². The predicted molar refractivity (Wildman–Crippen MR) is 85.5 cm³/mol. The van der Waals surface area contributed by atoms with E-state index in [-0.39, 0.29) is 17.4 Å². The summed E-state index contributed by atoms with van der Waals surface area (Å²) >= 11 is 3.35.